The Labute approximate surface area is 77.2 Å². The standard InChI is InChI=1S/C10H12N2O/c11-6-2-5-9-3-1-4-10(7-9)8-12-13/h1-5,7-8,13H,6,11H2. The second-order valence-electron chi connectivity index (χ2n) is 2.55. The molecule has 1 rings (SSSR count). The molecular formula is C10H12N2O. The Morgan fingerprint density at radius 3 is 2.85 bits per heavy atom. The van der Waals surface area contributed by atoms with Crippen LogP contribution in [0.5, 0.6) is 0 Å². The summed E-state index contributed by atoms with van der Waals surface area (Å²) >= 11 is 0. The lowest BCUT2D eigenvalue weighted by atomic mass is 10.1. The average Bonchev–Trinajstić information content (AvgIpc) is 2.16. The first kappa shape index (κ1) is 9.48. The molecule has 0 radical (unpaired) electrons. The highest BCUT2D eigenvalue weighted by Gasteiger charge is 1.89. The van der Waals surface area contributed by atoms with E-state index in [1.54, 1.807) is 0 Å². The van der Waals surface area contributed by atoms with Crippen molar-refractivity contribution in [2.24, 2.45) is 10.9 Å². The fourth-order valence-corrected chi connectivity index (χ4v) is 1.01. The maximum absolute atomic E-state index is 8.32. The predicted octanol–water partition coefficient (Wildman–Crippen LogP) is 1.47. The fourth-order valence-electron chi connectivity index (χ4n) is 1.01. The van der Waals surface area contributed by atoms with Crippen molar-refractivity contribution in [3.63, 3.8) is 0 Å². The van der Waals surface area contributed by atoms with Crippen LogP contribution in [0.15, 0.2) is 35.5 Å². The molecule has 0 spiro atoms. The first-order valence-corrected chi connectivity index (χ1v) is 4.01. The fraction of sp³-hybridized carbons (Fsp3) is 0.100. The van der Waals surface area contributed by atoms with Crippen LogP contribution in [-0.2, 0) is 0 Å². The van der Waals surface area contributed by atoms with Crippen molar-refractivity contribution in [2.75, 3.05) is 6.54 Å². The average molecular weight is 176 g/mol. The first-order valence-electron chi connectivity index (χ1n) is 4.01. The van der Waals surface area contributed by atoms with Crippen LogP contribution < -0.4 is 5.73 Å². The van der Waals surface area contributed by atoms with Gasteiger partial charge in [0.15, 0.2) is 0 Å². The zero-order chi connectivity index (χ0) is 9.52. The normalized spacial score (nSPS) is 11.5. The summed E-state index contributed by atoms with van der Waals surface area (Å²) in [6.07, 6.45) is 5.18. The van der Waals surface area contributed by atoms with Gasteiger partial charge >= 0.3 is 0 Å². The van der Waals surface area contributed by atoms with E-state index in [9.17, 15) is 0 Å². The Bertz CT molecular complexity index is 318. The minimum Gasteiger partial charge on any atom is -0.411 e. The largest absolute Gasteiger partial charge is 0.411 e. The molecule has 0 fully saturated rings. The Hall–Kier alpha value is -1.61. The maximum atomic E-state index is 8.32. The molecule has 13 heavy (non-hydrogen) atoms. The van der Waals surface area contributed by atoms with Gasteiger partial charge in [0.25, 0.3) is 0 Å². The molecule has 0 aliphatic rings. The molecule has 0 aliphatic heterocycles. The molecular weight excluding hydrogens is 164 g/mol. The molecule has 0 aliphatic carbocycles. The Balaban J connectivity index is 2.85. The lowest BCUT2D eigenvalue weighted by Crippen LogP contribution is -1.92. The molecule has 68 valence electrons. The molecule has 0 unspecified atom stereocenters. The number of benzene rings is 1. The van der Waals surface area contributed by atoms with Crippen LogP contribution in [0.2, 0.25) is 0 Å². The predicted molar refractivity (Wildman–Crippen MR) is 53.9 cm³/mol. The molecule has 1 aromatic carbocycles. The highest BCUT2D eigenvalue weighted by molar-refractivity contribution is 5.80. The highest BCUT2D eigenvalue weighted by atomic mass is 16.4. The second-order valence-corrected chi connectivity index (χ2v) is 2.55. The summed E-state index contributed by atoms with van der Waals surface area (Å²) in [6.45, 7) is 0.526. The molecule has 3 heteroatoms. The van der Waals surface area contributed by atoms with Crippen LogP contribution in [0.4, 0.5) is 0 Å². The van der Waals surface area contributed by atoms with Crippen LogP contribution in [0.25, 0.3) is 6.08 Å². The van der Waals surface area contributed by atoms with Crippen molar-refractivity contribution in [1.82, 2.24) is 0 Å². The van der Waals surface area contributed by atoms with Crippen molar-refractivity contribution in [1.29, 1.82) is 0 Å². The summed E-state index contributed by atoms with van der Waals surface area (Å²) in [5.74, 6) is 0. The van der Waals surface area contributed by atoms with Crippen LogP contribution in [0, 0.1) is 0 Å². The van der Waals surface area contributed by atoms with Crippen molar-refractivity contribution < 1.29 is 5.21 Å². The molecule has 0 saturated heterocycles. The van der Waals surface area contributed by atoms with Gasteiger partial charge in [0.1, 0.15) is 0 Å². The zero-order valence-corrected chi connectivity index (χ0v) is 7.22. The summed E-state index contributed by atoms with van der Waals surface area (Å²) in [7, 11) is 0. The quantitative estimate of drug-likeness (QED) is 0.416. The van der Waals surface area contributed by atoms with Crippen LogP contribution >= 0.6 is 0 Å². The van der Waals surface area contributed by atoms with Gasteiger partial charge < -0.3 is 10.9 Å². The Kier molecular flexibility index (Phi) is 3.73. The van der Waals surface area contributed by atoms with Gasteiger partial charge in [0.05, 0.1) is 6.21 Å². The van der Waals surface area contributed by atoms with E-state index in [0.29, 0.717) is 6.54 Å². The van der Waals surface area contributed by atoms with Crippen molar-refractivity contribution >= 4 is 12.3 Å². The molecule has 0 bridgehead atoms. The molecule has 3 N–H and O–H groups in total. The zero-order valence-electron chi connectivity index (χ0n) is 7.22. The lowest BCUT2D eigenvalue weighted by molar-refractivity contribution is 0.322. The van der Waals surface area contributed by atoms with Gasteiger partial charge in [-0.15, -0.1) is 0 Å². The smallest absolute Gasteiger partial charge is 0.0734 e. The molecule has 3 nitrogen and oxygen atoms in total. The van der Waals surface area contributed by atoms with E-state index in [1.807, 2.05) is 36.4 Å². The van der Waals surface area contributed by atoms with Crippen molar-refractivity contribution in [3.05, 3.63) is 41.5 Å². The van der Waals surface area contributed by atoms with Crippen LogP contribution in [0.3, 0.4) is 0 Å². The molecule has 0 heterocycles. The third-order valence-corrected chi connectivity index (χ3v) is 1.56. The second kappa shape index (κ2) is 5.11. The van der Waals surface area contributed by atoms with Gasteiger partial charge in [-0.2, -0.15) is 0 Å². The summed E-state index contributed by atoms with van der Waals surface area (Å²) < 4.78 is 0. The van der Waals surface area contributed by atoms with Gasteiger partial charge in [-0.1, -0.05) is 35.5 Å². The molecule has 0 amide bonds. The third kappa shape index (κ3) is 3.09. The van der Waals surface area contributed by atoms with E-state index < -0.39 is 0 Å². The molecule has 0 atom stereocenters. The van der Waals surface area contributed by atoms with E-state index in [2.05, 4.69) is 5.16 Å². The number of nitrogens with two attached hydrogens (primary N) is 1. The monoisotopic (exact) mass is 176 g/mol. The van der Waals surface area contributed by atoms with Gasteiger partial charge in [-0.3, -0.25) is 0 Å². The number of hydrogen-bond donors (Lipinski definition) is 2. The van der Waals surface area contributed by atoms with E-state index in [4.69, 9.17) is 10.9 Å². The van der Waals surface area contributed by atoms with Gasteiger partial charge in [-0.05, 0) is 17.2 Å². The minimum atomic E-state index is 0.526. The van der Waals surface area contributed by atoms with Crippen LogP contribution in [-0.4, -0.2) is 18.0 Å². The van der Waals surface area contributed by atoms with Gasteiger partial charge in [0, 0.05) is 6.54 Å². The topological polar surface area (TPSA) is 58.6 Å². The van der Waals surface area contributed by atoms with Gasteiger partial charge in [0.2, 0.25) is 0 Å². The molecule has 0 saturated carbocycles. The van der Waals surface area contributed by atoms with E-state index in [0.717, 1.165) is 11.1 Å². The summed E-state index contributed by atoms with van der Waals surface area (Å²) in [5, 5.41) is 11.3. The number of rotatable bonds is 3. The van der Waals surface area contributed by atoms with Crippen molar-refractivity contribution in [3.8, 4) is 0 Å². The van der Waals surface area contributed by atoms with Gasteiger partial charge in [-0.25, -0.2) is 0 Å². The van der Waals surface area contributed by atoms with Crippen molar-refractivity contribution in [2.45, 2.75) is 0 Å². The third-order valence-electron chi connectivity index (χ3n) is 1.56. The van der Waals surface area contributed by atoms with E-state index >= 15 is 0 Å². The first-order chi connectivity index (χ1) is 6.36. The Morgan fingerprint density at radius 2 is 2.15 bits per heavy atom. The molecule has 0 aromatic heterocycles. The SMILES string of the molecule is NCC=Cc1cccc(C=NO)c1. The summed E-state index contributed by atoms with van der Waals surface area (Å²) in [4.78, 5) is 0. The Morgan fingerprint density at radius 1 is 1.38 bits per heavy atom. The number of oxime groups is 1. The highest BCUT2D eigenvalue weighted by Crippen LogP contribution is 2.04. The minimum absolute atomic E-state index is 0.526. The summed E-state index contributed by atoms with van der Waals surface area (Å²) in [5.41, 5.74) is 7.23. The maximum Gasteiger partial charge on any atom is 0.0734 e. The van der Waals surface area contributed by atoms with E-state index in [-0.39, 0.29) is 0 Å². The van der Waals surface area contributed by atoms with Crippen LogP contribution in [0.1, 0.15) is 11.1 Å². The summed E-state index contributed by atoms with van der Waals surface area (Å²) in [6, 6.07) is 7.62. The number of hydrogen-bond acceptors (Lipinski definition) is 3. The lowest BCUT2D eigenvalue weighted by Gasteiger charge is -1.94. The number of nitrogens with zero attached hydrogens (tertiary/aromatic N) is 1. The van der Waals surface area contributed by atoms with E-state index in [1.165, 1.54) is 6.21 Å². The molecule has 1 aromatic rings.